The number of H-pyrrole nitrogens is 1. The van der Waals surface area contributed by atoms with Crippen LogP contribution in [0, 0.1) is 0 Å². The van der Waals surface area contributed by atoms with Crippen molar-refractivity contribution in [1.29, 1.82) is 0 Å². The Hall–Kier alpha value is -2.41. The molecule has 0 aromatic carbocycles. The van der Waals surface area contributed by atoms with Gasteiger partial charge >= 0.3 is 0 Å². The molecule has 1 aliphatic rings. The van der Waals surface area contributed by atoms with Crippen molar-refractivity contribution in [3.63, 3.8) is 0 Å². The second-order valence-corrected chi connectivity index (χ2v) is 4.81. The van der Waals surface area contributed by atoms with Gasteiger partial charge in [-0.1, -0.05) is 6.07 Å². The molecule has 0 radical (unpaired) electrons. The van der Waals surface area contributed by atoms with E-state index in [-0.39, 0.29) is 0 Å². The Labute approximate surface area is 115 Å². The Morgan fingerprint density at radius 1 is 1.15 bits per heavy atom. The molecule has 2 N–H and O–H groups in total. The molecular weight excluding hydrogens is 254 g/mol. The van der Waals surface area contributed by atoms with E-state index in [4.69, 9.17) is 0 Å². The van der Waals surface area contributed by atoms with Crippen LogP contribution in [0.4, 0.5) is 5.95 Å². The minimum absolute atomic E-state index is 0.761. The zero-order valence-electron chi connectivity index (χ0n) is 11.0. The molecule has 3 aromatic rings. The number of hydrogen-bond acceptors (Lipinski definition) is 5. The highest BCUT2D eigenvalue weighted by atomic mass is 15.4. The lowest BCUT2D eigenvalue weighted by atomic mass is 10.2. The van der Waals surface area contributed by atoms with Crippen molar-refractivity contribution in [2.75, 3.05) is 31.1 Å². The maximum atomic E-state index is 4.60. The first-order valence-electron chi connectivity index (χ1n) is 6.72. The van der Waals surface area contributed by atoms with Gasteiger partial charge in [0.1, 0.15) is 0 Å². The lowest BCUT2D eigenvalue weighted by molar-refractivity contribution is 0.580. The number of piperazine rings is 1. The van der Waals surface area contributed by atoms with Gasteiger partial charge in [0.15, 0.2) is 5.82 Å². The molecule has 0 amide bonds. The van der Waals surface area contributed by atoms with E-state index in [0.717, 1.165) is 49.0 Å². The Bertz CT molecular complexity index is 723. The van der Waals surface area contributed by atoms with Gasteiger partial charge in [-0.3, -0.25) is 5.10 Å². The fraction of sp³-hybridized carbons (Fsp3) is 0.308. The normalized spacial score (nSPS) is 15.9. The number of fused-ring (bicyclic) bond motifs is 1. The van der Waals surface area contributed by atoms with Crippen LogP contribution in [0.2, 0.25) is 0 Å². The average molecular weight is 269 g/mol. The monoisotopic (exact) mass is 269 g/mol. The van der Waals surface area contributed by atoms with E-state index in [1.807, 2.05) is 35.1 Å². The number of aromatic nitrogens is 5. The van der Waals surface area contributed by atoms with Crippen molar-refractivity contribution in [2.24, 2.45) is 0 Å². The van der Waals surface area contributed by atoms with Crippen LogP contribution in [0.15, 0.2) is 30.6 Å². The highest BCUT2D eigenvalue weighted by Gasteiger charge is 2.17. The van der Waals surface area contributed by atoms with Crippen LogP contribution < -0.4 is 10.2 Å². The van der Waals surface area contributed by atoms with Crippen molar-refractivity contribution in [3.8, 4) is 11.4 Å². The number of anilines is 1. The molecule has 0 bridgehead atoms. The number of hydrogen-bond donors (Lipinski definition) is 2. The molecule has 0 aliphatic carbocycles. The molecule has 7 nitrogen and oxygen atoms in total. The minimum atomic E-state index is 0.761. The van der Waals surface area contributed by atoms with Gasteiger partial charge in [0.05, 0.1) is 17.3 Å². The zero-order valence-corrected chi connectivity index (χ0v) is 11.0. The zero-order chi connectivity index (χ0) is 13.4. The second-order valence-electron chi connectivity index (χ2n) is 4.81. The summed E-state index contributed by atoms with van der Waals surface area (Å²) in [6, 6.07) is 5.97. The lowest BCUT2D eigenvalue weighted by Crippen LogP contribution is -2.44. The van der Waals surface area contributed by atoms with Crippen molar-refractivity contribution in [3.05, 3.63) is 30.6 Å². The molecule has 20 heavy (non-hydrogen) atoms. The van der Waals surface area contributed by atoms with Gasteiger partial charge in [-0.2, -0.15) is 10.1 Å². The smallest absolute Gasteiger partial charge is 0.245 e. The first kappa shape index (κ1) is 11.4. The fourth-order valence-electron chi connectivity index (χ4n) is 2.50. The number of aromatic amines is 1. The van der Waals surface area contributed by atoms with Gasteiger partial charge in [0.2, 0.25) is 5.95 Å². The summed E-state index contributed by atoms with van der Waals surface area (Å²) >= 11 is 0. The van der Waals surface area contributed by atoms with Crippen molar-refractivity contribution in [2.45, 2.75) is 0 Å². The molecule has 1 fully saturated rings. The van der Waals surface area contributed by atoms with E-state index < -0.39 is 0 Å². The Balaban J connectivity index is 1.70. The molecule has 4 rings (SSSR count). The third kappa shape index (κ3) is 1.83. The summed E-state index contributed by atoms with van der Waals surface area (Å²) in [5.74, 6) is 1.52. The highest BCUT2D eigenvalue weighted by Crippen LogP contribution is 2.22. The highest BCUT2D eigenvalue weighted by molar-refractivity contribution is 5.75. The number of nitrogens with zero attached hydrogens (tertiary/aromatic N) is 5. The van der Waals surface area contributed by atoms with E-state index in [0.29, 0.717) is 0 Å². The van der Waals surface area contributed by atoms with E-state index in [1.165, 1.54) is 0 Å². The fourth-order valence-corrected chi connectivity index (χ4v) is 2.50. The van der Waals surface area contributed by atoms with Gasteiger partial charge in [-0.25, -0.2) is 4.52 Å². The molecule has 3 aromatic heterocycles. The van der Waals surface area contributed by atoms with Crippen LogP contribution in [0.1, 0.15) is 0 Å². The summed E-state index contributed by atoms with van der Waals surface area (Å²) in [7, 11) is 0. The number of pyridine rings is 1. The van der Waals surface area contributed by atoms with Crippen LogP contribution in [0.3, 0.4) is 0 Å². The Morgan fingerprint density at radius 2 is 2.05 bits per heavy atom. The number of rotatable bonds is 2. The maximum Gasteiger partial charge on any atom is 0.245 e. The maximum absolute atomic E-state index is 4.60. The standard InChI is InChI=1S/C13H15N7/c1-2-6-20-11(3-1)10(9-15-20)12-16-13(18-17-12)19-7-4-14-5-8-19/h1-3,6,9,14H,4-5,7-8H2,(H,16,17,18). The van der Waals surface area contributed by atoms with E-state index in [2.05, 4.69) is 30.5 Å². The van der Waals surface area contributed by atoms with Gasteiger partial charge in [-0.05, 0) is 12.1 Å². The molecule has 102 valence electrons. The van der Waals surface area contributed by atoms with Crippen LogP contribution in [0.5, 0.6) is 0 Å². The van der Waals surface area contributed by atoms with Crippen LogP contribution in [-0.2, 0) is 0 Å². The molecule has 0 atom stereocenters. The summed E-state index contributed by atoms with van der Waals surface area (Å²) in [4.78, 5) is 6.79. The van der Waals surface area contributed by atoms with Gasteiger partial charge in [0, 0.05) is 32.4 Å². The third-order valence-electron chi connectivity index (χ3n) is 3.56. The number of nitrogens with one attached hydrogen (secondary N) is 2. The molecule has 7 heteroatoms. The summed E-state index contributed by atoms with van der Waals surface area (Å²) in [5, 5.41) is 15.0. The second kappa shape index (κ2) is 4.61. The van der Waals surface area contributed by atoms with E-state index in [9.17, 15) is 0 Å². The largest absolute Gasteiger partial charge is 0.337 e. The summed E-state index contributed by atoms with van der Waals surface area (Å²) < 4.78 is 1.84. The van der Waals surface area contributed by atoms with E-state index in [1.54, 1.807) is 0 Å². The van der Waals surface area contributed by atoms with Crippen molar-refractivity contribution >= 4 is 11.5 Å². The third-order valence-corrected chi connectivity index (χ3v) is 3.56. The Morgan fingerprint density at radius 3 is 2.95 bits per heavy atom. The van der Waals surface area contributed by atoms with Gasteiger partial charge in [0.25, 0.3) is 0 Å². The molecular formula is C13H15N7. The lowest BCUT2D eigenvalue weighted by Gasteiger charge is -2.25. The average Bonchev–Trinajstić information content (AvgIpc) is 3.14. The SMILES string of the molecule is c1ccn2ncc(-c3nc(N4CCNCC4)n[nH]3)c2c1. The van der Waals surface area contributed by atoms with E-state index >= 15 is 0 Å². The van der Waals surface area contributed by atoms with Gasteiger partial charge < -0.3 is 10.2 Å². The van der Waals surface area contributed by atoms with Crippen molar-refractivity contribution in [1.82, 2.24) is 30.1 Å². The first-order valence-corrected chi connectivity index (χ1v) is 6.72. The summed E-state index contributed by atoms with van der Waals surface area (Å²) in [6.45, 7) is 3.82. The molecule has 1 aliphatic heterocycles. The Kier molecular flexibility index (Phi) is 2.63. The predicted molar refractivity (Wildman–Crippen MR) is 75.7 cm³/mol. The van der Waals surface area contributed by atoms with Crippen LogP contribution >= 0.6 is 0 Å². The molecule has 0 saturated carbocycles. The summed E-state index contributed by atoms with van der Waals surface area (Å²) in [5.41, 5.74) is 2.00. The predicted octanol–water partition coefficient (Wildman–Crippen LogP) is 0.529. The molecule has 4 heterocycles. The van der Waals surface area contributed by atoms with Gasteiger partial charge in [-0.15, -0.1) is 5.10 Å². The molecule has 0 spiro atoms. The van der Waals surface area contributed by atoms with Crippen molar-refractivity contribution < 1.29 is 0 Å². The molecule has 1 saturated heterocycles. The van der Waals surface area contributed by atoms with Crippen LogP contribution in [0.25, 0.3) is 16.9 Å². The van der Waals surface area contributed by atoms with Crippen LogP contribution in [-0.4, -0.2) is 51.0 Å². The summed E-state index contributed by atoms with van der Waals surface area (Å²) in [6.07, 6.45) is 3.74. The topological polar surface area (TPSA) is 74.1 Å². The quantitative estimate of drug-likeness (QED) is 0.710. The first-order chi connectivity index (χ1) is 9.92. The minimum Gasteiger partial charge on any atom is -0.337 e. The molecule has 0 unspecified atom stereocenters.